The molecule has 1 heteroatoms. The van der Waals surface area contributed by atoms with Crippen molar-refractivity contribution in [3.63, 3.8) is 0 Å². The zero-order valence-corrected chi connectivity index (χ0v) is 11.9. The van der Waals surface area contributed by atoms with Crippen molar-refractivity contribution in [1.29, 1.82) is 0 Å². The van der Waals surface area contributed by atoms with E-state index in [9.17, 15) is 4.79 Å². The van der Waals surface area contributed by atoms with Crippen molar-refractivity contribution >= 4 is 5.78 Å². The summed E-state index contributed by atoms with van der Waals surface area (Å²) in [4.78, 5) is 12.5. The van der Waals surface area contributed by atoms with Crippen molar-refractivity contribution in [3.05, 3.63) is 0 Å². The third-order valence-corrected chi connectivity index (χ3v) is 5.14. The fourth-order valence-electron chi connectivity index (χ4n) is 2.91. The quantitative estimate of drug-likeness (QED) is 0.689. The van der Waals surface area contributed by atoms with Gasteiger partial charge in [0, 0.05) is 11.8 Å². The topological polar surface area (TPSA) is 17.1 Å². The molecule has 1 nitrogen and oxygen atoms in total. The maximum atomic E-state index is 12.5. The van der Waals surface area contributed by atoms with E-state index in [2.05, 4.69) is 41.5 Å². The minimum absolute atomic E-state index is 0.190. The van der Waals surface area contributed by atoms with Crippen LogP contribution in [0, 0.1) is 22.7 Å². The first-order chi connectivity index (χ1) is 7.26. The van der Waals surface area contributed by atoms with Crippen LogP contribution in [0.25, 0.3) is 0 Å². The van der Waals surface area contributed by atoms with Gasteiger partial charge >= 0.3 is 0 Å². The Hall–Kier alpha value is -0.330. The van der Waals surface area contributed by atoms with Crippen LogP contribution >= 0.6 is 0 Å². The summed E-state index contributed by atoms with van der Waals surface area (Å²) in [6.45, 7) is 13.4. The van der Waals surface area contributed by atoms with E-state index < -0.39 is 0 Å². The maximum absolute atomic E-state index is 12.5. The number of hydrogen-bond donors (Lipinski definition) is 0. The highest BCUT2D eigenvalue weighted by atomic mass is 16.1. The normalized spacial score (nSPS) is 27.5. The number of carbonyl (C=O) groups excluding carboxylic acids is 1. The highest BCUT2D eigenvalue weighted by Gasteiger charge is 2.46. The van der Waals surface area contributed by atoms with E-state index in [1.165, 1.54) is 0 Å². The van der Waals surface area contributed by atoms with Gasteiger partial charge in [-0.2, -0.15) is 0 Å². The fourth-order valence-corrected chi connectivity index (χ4v) is 2.91. The fraction of sp³-hybridized carbons (Fsp3) is 0.933. The molecular formula is C15H28O. The predicted octanol–water partition coefficient (Wildman–Crippen LogP) is 4.45. The van der Waals surface area contributed by atoms with Crippen LogP contribution in [0.2, 0.25) is 0 Å². The van der Waals surface area contributed by atoms with Gasteiger partial charge in [0.25, 0.3) is 0 Å². The summed E-state index contributed by atoms with van der Waals surface area (Å²) in [7, 11) is 0. The molecule has 0 aromatic rings. The molecule has 0 heterocycles. The Morgan fingerprint density at radius 3 is 1.50 bits per heavy atom. The average Bonchev–Trinajstić information content (AvgIpc) is 2.61. The number of hydrogen-bond acceptors (Lipinski definition) is 1. The molecule has 0 N–H and O–H groups in total. The van der Waals surface area contributed by atoms with E-state index in [4.69, 9.17) is 0 Å². The molecule has 2 unspecified atom stereocenters. The summed E-state index contributed by atoms with van der Waals surface area (Å²) in [5.74, 6) is 1.14. The van der Waals surface area contributed by atoms with Gasteiger partial charge in [-0.05, 0) is 23.7 Å². The minimum atomic E-state index is 0.190. The summed E-state index contributed by atoms with van der Waals surface area (Å²) < 4.78 is 0. The van der Waals surface area contributed by atoms with Crippen LogP contribution in [-0.2, 0) is 4.79 Å². The molecule has 0 amide bonds. The Kier molecular flexibility index (Phi) is 3.87. The first-order valence-corrected chi connectivity index (χ1v) is 6.80. The molecular weight excluding hydrogens is 196 g/mol. The Balaban J connectivity index is 2.83. The average molecular weight is 224 g/mol. The van der Waals surface area contributed by atoms with Crippen LogP contribution in [-0.4, -0.2) is 5.78 Å². The first-order valence-electron chi connectivity index (χ1n) is 6.80. The van der Waals surface area contributed by atoms with Crippen LogP contribution < -0.4 is 0 Å². The molecule has 16 heavy (non-hydrogen) atoms. The second kappa shape index (κ2) is 4.50. The van der Waals surface area contributed by atoms with Gasteiger partial charge in [-0.15, -0.1) is 0 Å². The zero-order chi connectivity index (χ0) is 12.6. The molecule has 0 spiro atoms. The van der Waals surface area contributed by atoms with Crippen LogP contribution in [0.15, 0.2) is 0 Å². The molecule has 0 aromatic heterocycles. The summed E-state index contributed by atoms with van der Waals surface area (Å²) in [6, 6.07) is 0. The van der Waals surface area contributed by atoms with E-state index in [0.717, 1.165) is 25.7 Å². The standard InChI is InChI=1S/C15H28O/c1-7-14(3,4)11-9-10-12(13(11)16)15(5,6)8-2/h11-12H,7-10H2,1-6H3. The lowest BCUT2D eigenvalue weighted by atomic mass is 9.71. The molecule has 1 aliphatic rings. The van der Waals surface area contributed by atoms with Crippen molar-refractivity contribution in [3.8, 4) is 0 Å². The predicted molar refractivity (Wildman–Crippen MR) is 69.4 cm³/mol. The van der Waals surface area contributed by atoms with Crippen molar-refractivity contribution < 1.29 is 4.79 Å². The lowest BCUT2D eigenvalue weighted by Crippen LogP contribution is -2.33. The summed E-state index contributed by atoms with van der Waals surface area (Å²) in [5.41, 5.74) is 0.380. The maximum Gasteiger partial charge on any atom is 0.140 e. The Morgan fingerprint density at radius 1 is 0.938 bits per heavy atom. The summed E-state index contributed by atoms with van der Waals surface area (Å²) in [5, 5.41) is 0. The van der Waals surface area contributed by atoms with Crippen molar-refractivity contribution in [1.82, 2.24) is 0 Å². The molecule has 1 fully saturated rings. The Labute approximate surface area is 101 Å². The van der Waals surface area contributed by atoms with Gasteiger partial charge in [0.2, 0.25) is 0 Å². The second-order valence-corrected chi connectivity index (χ2v) is 6.77. The second-order valence-electron chi connectivity index (χ2n) is 6.77. The van der Waals surface area contributed by atoms with Gasteiger partial charge in [0.05, 0.1) is 0 Å². The molecule has 0 bridgehead atoms. The van der Waals surface area contributed by atoms with Gasteiger partial charge in [-0.3, -0.25) is 4.79 Å². The molecule has 94 valence electrons. The highest BCUT2D eigenvalue weighted by Crippen LogP contribution is 2.48. The smallest absolute Gasteiger partial charge is 0.140 e. The number of carbonyl (C=O) groups is 1. The lowest BCUT2D eigenvalue weighted by Gasteiger charge is -2.33. The first kappa shape index (κ1) is 13.7. The largest absolute Gasteiger partial charge is 0.299 e. The Morgan fingerprint density at radius 2 is 1.25 bits per heavy atom. The molecule has 1 rings (SSSR count). The molecule has 0 saturated heterocycles. The van der Waals surface area contributed by atoms with E-state index in [1.807, 2.05) is 0 Å². The van der Waals surface area contributed by atoms with E-state index in [-0.39, 0.29) is 10.8 Å². The van der Waals surface area contributed by atoms with Crippen LogP contribution in [0.4, 0.5) is 0 Å². The zero-order valence-electron chi connectivity index (χ0n) is 11.9. The van der Waals surface area contributed by atoms with Gasteiger partial charge in [-0.25, -0.2) is 0 Å². The van der Waals surface area contributed by atoms with Crippen molar-refractivity contribution in [2.45, 2.75) is 67.2 Å². The molecule has 2 atom stereocenters. The monoisotopic (exact) mass is 224 g/mol. The molecule has 0 aliphatic heterocycles. The van der Waals surface area contributed by atoms with E-state index in [0.29, 0.717) is 17.6 Å². The van der Waals surface area contributed by atoms with Crippen molar-refractivity contribution in [2.75, 3.05) is 0 Å². The van der Waals surface area contributed by atoms with Gasteiger partial charge in [0.1, 0.15) is 5.78 Å². The third-order valence-electron chi connectivity index (χ3n) is 5.14. The van der Waals surface area contributed by atoms with Crippen LogP contribution in [0.3, 0.4) is 0 Å². The SMILES string of the molecule is CCC(C)(C)C1CCC(C(C)(C)CC)C1=O. The van der Waals surface area contributed by atoms with Gasteiger partial charge in [0.15, 0.2) is 0 Å². The minimum Gasteiger partial charge on any atom is -0.299 e. The van der Waals surface area contributed by atoms with Crippen molar-refractivity contribution in [2.24, 2.45) is 22.7 Å². The van der Waals surface area contributed by atoms with E-state index >= 15 is 0 Å². The molecule has 1 aliphatic carbocycles. The summed E-state index contributed by atoms with van der Waals surface area (Å²) >= 11 is 0. The van der Waals surface area contributed by atoms with Crippen LogP contribution in [0.5, 0.6) is 0 Å². The Bertz CT molecular complexity index is 237. The molecule has 0 aromatic carbocycles. The molecule has 1 saturated carbocycles. The molecule has 0 radical (unpaired) electrons. The van der Waals surface area contributed by atoms with Gasteiger partial charge < -0.3 is 0 Å². The number of rotatable bonds is 4. The number of Topliss-reactive ketones (excluding diaryl/α,β-unsaturated/α-hetero) is 1. The van der Waals surface area contributed by atoms with Gasteiger partial charge in [-0.1, -0.05) is 54.4 Å². The summed E-state index contributed by atoms with van der Waals surface area (Å²) in [6.07, 6.45) is 4.41. The highest BCUT2D eigenvalue weighted by molar-refractivity contribution is 5.86. The third kappa shape index (κ3) is 2.33. The van der Waals surface area contributed by atoms with E-state index in [1.54, 1.807) is 0 Å². The van der Waals surface area contributed by atoms with Crippen LogP contribution in [0.1, 0.15) is 67.2 Å². The lowest BCUT2D eigenvalue weighted by molar-refractivity contribution is -0.130. The number of ketones is 1.